The highest BCUT2D eigenvalue weighted by Gasteiger charge is 2.44. The van der Waals surface area contributed by atoms with Crippen molar-refractivity contribution >= 4 is 5.91 Å². The number of nitrogens with zero attached hydrogens (tertiary/aromatic N) is 2. The second-order valence-corrected chi connectivity index (χ2v) is 10.4. The molecule has 0 bridgehead atoms. The van der Waals surface area contributed by atoms with Crippen molar-refractivity contribution in [1.29, 1.82) is 0 Å². The monoisotopic (exact) mass is 482 g/mol. The van der Waals surface area contributed by atoms with Gasteiger partial charge in [0.1, 0.15) is 11.2 Å². The van der Waals surface area contributed by atoms with Crippen LogP contribution in [-0.4, -0.2) is 53.5 Å². The van der Waals surface area contributed by atoms with Gasteiger partial charge in [-0.15, -0.1) is 0 Å². The number of hydrogen-bond donors (Lipinski definition) is 1. The topological polar surface area (TPSA) is 43.8 Å². The summed E-state index contributed by atoms with van der Waals surface area (Å²) in [6.07, 6.45) is 6.39. The van der Waals surface area contributed by atoms with Gasteiger partial charge in [-0.2, -0.15) is 0 Å². The molecule has 4 heteroatoms. The fourth-order valence-electron chi connectivity index (χ4n) is 6.18. The van der Waals surface area contributed by atoms with Crippen molar-refractivity contribution < 1.29 is 9.90 Å². The first-order valence-electron chi connectivity index (χ1n) is 13.6. The van der Waals surface area contributed by atoms with Crippen LogP contribution in [0.3, 0.4) is 0 Å². The Bertz CT molecular complexity index is 1060. The van der Waals surface area contributed by atoms with E-state index in [2.05, 4.69) is 70.5 Å². The van der Waals surface area contributed by atoms with Crippen molar-refractivity contribution in [2.24, 2.45) is 0 Å². The molecule has 0 unspecified atom stereocenters. The number of carbonyl (C=O) groups excluding carboxylic acids is 1. The largest absolute Gasteiger partial charge is 0.508 e. The molecular formula is C32H38N2O2. The molecule has 0 radical (unpaired) electrons. The van der Waals surface area contributed by atoms with E-state index in [0.717, 1.165) is 76.0 Å². The normalized spacial score (nSPS) is 17.7. The van der Waals surface area contributed by atoms with E-state index in [0.29, 0.717) is 11.7 Å². The summed E-state index contributed by atoms with van der Waals surface area (Å²) in [6, 6.07) is 28.6. The van der Waals surface area contributed by atoms with Crippen LogP contribution in [0.1, 0.15) is 61.1 Å². The third-order valence-corrected chi connectivity index (χ3v) is 8.30. The lowest BCUT2D eigenvalue weighted by molar-refractivity contribution is -0.137. The standard InChI is InChI=1S/C32H38N2O2/c35-30-16-14-26(15-17-30)27-18-23-33(24-19-27)25-20-32(28-10-4-1-5-11-28,29-12-6-2-7-13-29)31(36)34-21-8-3-9-22-34/h1-2,4-7,10-17,27,35H,3,8-9,18-25H2. The Kier molecular flexibility index (Phi) is 7.72. The zero-order valence-electron chi connectivity index (χ0n) is 21.2. The van der Waals surface area contributed by atoms with Gasteiger partial charge in [0.25, 0.3) is 0 Å². The Balaban J connectivity index is 1.39. The number of phenols is 1. The second kappa shape index (κ2) is 11.3. The van der Waals surface area contributed by atoms with Gasteiger partial charge in [-0.3, -0.25) is 4.79 Å². The van der Waals surface area contributed by atoms with Crippen molar-refractivity contribution in [3.8, 4) is 5.75 Å². The molecular weight excluding hydrogens is 444 g/mol. The van der Waals surface area contributed by atoms with E-state index in [4.69, 9.17) is 0 Å². The van der Waals surface area contributed by atoms with E-state index in [1.54, 1.807) is 12.1 Å². The van der Waals surface area contributed by atoms with Crippen LogP contribution < -0.4 is 0 Å². The molecule has 0 spiro atoms. The molecule has 2 saturated heterocycles. The Morgan fingerprint density at radius 1 is 0.750 bits per heavy atom. The quantitative estimate of drug-likeness (QED) is 0.452. The maximum atomic E-state index is 14.4. The molecule has 2 heterocycles. The Morgan fingerprint density at radius 3 is 1.86 bits per heavy atom. The Hall–Kier alpha value is -3.11. The molecule has 1 N–H and O–H groups in total. The van der Waals surface area contributed by atoms with Crippen LogP contribution in [-0.2, 0) is 10.2 Å². The minimum atomic E-state index is -0.673. The number of hydrogen-bond acceptors (Lipinski definition) is 3. The zero-order chi connectivity index (χ0) is 24.8. The van der Waals surface area contributed by atoms with Gasteiger partial charge in [0.15, 0.2) is 0 Å². The molecule has 188 valence electrons. The van der Waals surface area contributed by atoms with Gasteiger partial charge in [0.2, 0.25) is 5.91 Å². The lowest BCUT2D eigenvalue weighted by Crippen LogP contribution is -2.51. The molecule has 0 aliphatic carbocycles. The van der Waals surface area contributed by atoms with Crippen molar-refractivity contribution in [3.05, 3.63) is 102 Å². The van der Waals surface area contributed by atoms with Crippen molar-refractivity contribution in [2.75, 3.05) is 32.7 Å². The molecule has 36 heavy (non-hydrogen) atoms. The van der Waals surface area contributed by atoms with Gasteiger partial charge in [0, 0.05) is 13.1 Å². The SMILES string of the molecule is O=C(N1CCCCC1)C(CCN1CCC(c2ccc(O)cc2)CC1)(c1ccccc1)c1ccccc1. The highest BCUT2D eigenvalue weighted by atomic mass is 16.3. The first-order chi connectivity index (χ1) is 17.7. The van der Waals surface area contributed by atoms with Crippen LogP contribution in [0.2, 0.25) is 0 Å². The van der Waals surface area contributed by atoms with Crippen molar-refractivity contribution in [2.45, 2.75) is 49.9 Å². The Labute approximate surface area is 215 Å². The average Bonchev–Trinajstić information content (AvgIpc) is 2.96. The Morgan fingerprint density at radius 2 is 1.31 bits per heavy atom. The van der Waals surface area contributed by atoms with Crippen LogP contribution in [0.25, 0.3) is 0 Å². The van der Waals surface area contributed by atoms with Crippen molar-refractivity contribution in [3.63, 3.8) is 0 Å². The fraction of sp³-hybridized carbons (Fsp3) is 0.406. The molecule has 0 aromatic heterocycles. The average molecular weight is 483 g/mol. The first kappa shape index (κ1) is 24.6. The van der Waals surface area contributed by atoms with Crippen LogP contribution in [0, 0.1) is 0 Å². The van der Waals surface area contributed by atoms with Gasteiger partial charge in [-0.1, -0.05) is 72.8 Å². The minimum absolute atomic E-state index is 0.263. The van der Waals surface area contributed by atoms with E-state index >= 15 is 0 Å². The van der Waals surface area contributed by atoms with Gasteiger partial charge >= 0.3 is 0 Å². The van der Waals surface area contributed by atoms with Crippen LogP contribution in [0.15, 0.2) is 84.9 Å². The number of benzene rings is 3. The summed E-state index contributed by atoms with van der Waals surface area (Å²) in [4.78, 5) is 19.1. The lowest BCUT2D eigenvalue weighted by atomic mass is 9.70. The predicted molar refractivity (Wildman–Crippen MR) is 145 cm³/mol. The number of phenolic OH excluding ortho intramolecular Hbond substituents is 1. The number of carbonyl (C=O) groups is 1. The number of likely N-dealkylation sites (tertiary alicyclic amines) is 2. The molecule has 0 atom stereocenters. The number of aromatic hydroxyl groups is 1. The third kappa shape index (κ3) is 5.19. The second-order valence-electron chi connectivity index (χ2n) is 10.4. The van der Waals surface area contributed by atoms with Crippen LogP contribution in [0.5, 0.6) is 5.75 Å². The molecule has 2 aliphatic heterocycles. The number of rotatable bonds is 7. The molecule has 3 aromatic rings. The molecule has 2 aliphatic rings. The first-order valence-corrected chi connectivity index (χ1v) is 13.6. The lowest BCUT2D eigenvalue weighted by Gasteiger charge is -2.41. The number of amides is 1. The van der Waals surface area contributed by atoms with Crippen molar-refractivity contribution in [1.82, 2.24) is 9.80 Å². The van der Waals surface area contributed by atoms with E-state index < -0.39 is 5.41 Å². The fourth-order valence-corrected chi connectivity index (χ4v) is 6.18. The predicted octanol–water partition coefficient (Wildman–Crippen LogP) is 5.96. The molecule has 5 rings (SSSR count). The summed E-state index contributed by atoms with van der Waals surface area (Å²) < 4.78 is 0. The molecule has 0 saturated carbocycles. The van der Waals surface area contributed by atoms with Gasteiger partial charge in [0.05, 0.1) is 0 Å². The summed E-state index contributed by atoms with van der Waals surface area (Å²) in [7, 11) is 0. The van der Waals surface area contributed by atoms with E-state index in [1.165, 1.54) is 12.0 Å². The summed E-state index contributed by atoms with van der Waals surface area (Å²) in [5.74, 6) is 1.12. The molecule has 3 aromatic carbocycles. The highest BCUT2D eigenvalue weighted by molar-refractivity contribution is 5.92. The molecule has 1 amide bonds. The zero-order valence-corrected chi connectivity index (χ0v) is 21.2. The smallest absolute Gasteiger partial charge is 0.237 e. The van der Waals surface area contributed by atoms with Crippen LogP contribution >= 0.6 is 0 Å². The highest BCUT2D eigenvalue weighted by Crippen LogP contribution is 2.39. The molecule has 2 fully saturated rings. The van der Waals surface area contributed by atoms with E-state index in [1.807, 2.05) is 12.1 Å². The van der Waals surface area contributed by atoms with E-state index in [9.17, 15) is 9.90 Å². The summed E-state index contributed by atoms with van der Waals surface area (Å²) >= 11 is 0. The summed E-state index contributed by atoms with van der Waals surface area (Å²) in [5, 5.41) is 9.63. The molecule has 4 nitrogen and oxygen atoms in total. The van der Waals surface area contributed by atoms with E-state index in [-0.39, 0.29) is 5.91 Å². The van der Waals surface area contributed by atoms with Gasteiger partial charge < -0.3 is 14.9 Å². The number of piperidine rings is 2. The van der Waals surface area contributed by atoms with Crippen LogP contribution in [0.4, 0.5) is 0 Å². The maximum Gasteiger partial charge on any atom is 0.237 e. The summed E-state index contributed by atoms with van der Waals surface area (Å²) in [5.41, 5.74) is 2.85. The minimum Gasteiger partial charge on any atom is -0.508 e. The van der Waals surface area contributed by atoms with Gasteiger partial charge in [-0.25, -0.2) is 0 Å². The van der Waals surface area contributed by atoms with Gasteiger partial charge in [-0.05, 0) is 92.9 Å². The summed E-state index contributed by atoms with van der Waals surface area (Å²) in [6.45, 7) is 4.68. The third-order valence-electron chi connectivity index (χ3n) is 8.30. The maximum absolute atomic E-state index is 14.4.